The van der Waals surface area contributed by atoms with Gasteiger partial charge in [0.2, 0.25) is 0 Å². The van der Waals surface area contributed by atoms with Crippen LogP contribution in [0.4, 0.5) is 0 Å². The zero-order chi connectivity index (χ0) is 11.0. The number of nitrogens with zero attached hydrogens (tertiary/aromatic N) is 1. The summed E-state index contributed by atoms with van der Waals surface area (Å²) < 4.78 is 1.91. The summed E-state index contributed by atoms with van der Waals surface area (Å²) in [6.45, 7) is 0. The molecule has 76 valence electrons. The maximum absolute atomic E-state index is 11.2. The molecule has 1 heterocycles. The van der Waals surface area contributed by atoms with Gasteiger partial charge in [-0.1, -0.05) is 0 Å². The summed E-state index contributed by atoms with van der Waals surface area (Å²) in [4.78, 5) is 21.7. The second-order valence-electron chi connectivity index (χ2n) is 3.33. The molecule has 1 N–H and O–H groups in total. The quantitative estimate of drug-likeness (QED) is 0.593. The molecule has 0 radical (unpaired) electrons. The Balaban J connectivity index is 2.57. The van der Waals surface area contributed by atoms with Crippen LogP contribution in [0.25, 0.3) is 10.9 Å². The van der Waals surface area contributed by atoms with Crippen LogP contribution in [-0.2, 0) is 11.8 Å². The summed E-state index contributed by atoms with van der Waals surface area (Å²) in [5.41, 5.74) is 1.18. The largest absolute Gasteiger partial charge is 0.475 e. The van der Waals surface area contributed by atoms with Crippen LogP contribution in [0, 0.1) is 0 Å². The van der Waals surface area contributed by atoms with Gasteiger partial charge < -0.3 is 9.67 Å². The number of fused-ring (bicyclic) bond motifs is 1. The third-order valence-corrected chi connectivity index (χ3v) is 2.34. The van der Waals surface area contributed by atoms with Crippen LogP contribution in [-0.4, -0.2) is 21.4 Å². The first-order valence-electron chi connectivity index (χ1n) is 4.42. The first-order valence-corrected chi connectivity index (χ1v) is 4.42. The highest BCUT2D eigenvalue weighted by atomic mass is 16.4. The number of carboxylic acids is 1. The standard InChI is InChI=1S/C11H9NO3/c1-12-5-4-7-6-8(2-3-9(7)12)10(13)11(14)15/h2-6H,1H3,(H,14,15). The molecule has 0 spiro atoms. The van der Waals surface area contributed by atoms with Gasteiger partial charge in [0.05, 0.1) is 0 Å². The van der Waals surface area contributed by atoms with Crippen LogP contribution < -0.4 is 0 Å². The Morgan fingerprint density at radius 3 is 2.67 bits per heavy atom. The highest BCUT2D eigenvalue weighted by Crippen LogP contribution is 2.16. The van der Waals surface area contributed by atoms with E-state index in [1.807, 2.05) is 23.9 Å². The van der Waals surface area contributed by atoms with Crippen LogP contribution >= 0.6 is 0 Å². The van der Waals surface area contributed by atoms with Gasteiger partial charge in [0.25, 0.3) is 5.78 Å². The minimum absolute atomic E-state index is 0.209. The minimum atomic E-state index is -1.43. The van der Waals surface area contributed by atoms with Crippen molar-refractivity contribution in [3.05, 3.63) is 36.0 Å². The lowest BCUT2D eigenvalue weighted by atomic mass is 10.1. The number of Topliss-reactive ketones (excluding diaryl/α,β-unsaturated/α-hetero) is 1. The first-order chi connectivity index (χ1) is 7.09. The summed E-state index contributed by atoms with van der Waals surface area (Å²) in [6, 6.07) is 6.70. The molecule has 0 fully saturated rings. The Hall–Kier alpha value is -2.10. The Bertz CT molecular complexity index is 554. The van der Waals surface area contributed by atoms with Crippen LogP contribution in [0.5, 0.6) is 0 Å². The number of benzene rings is 1. The summed E-state index contributed by atoms with van der Waals surface area (Å²) >= 11 is 0. The number of carbonyl (C=O) groups is 2. The molecule has 0 aliphatic heterocycles. The number of ketones is 1. The SMILES string of the molecule is Cn1ccc2cc(C(=O)C(=O)O)ccc21. The van der Waals surface area contributed by atoms with E-state index >= 15 is 0 Å². The van der Waals surface area contributed by atoms with Gasteiger partial charge >= 0.3 is 5.97 Å². The molecule has 15 heavy (non-hydrogen) atoms. The molecule has 0 bridgehead atoms. The van der Waals surface area contributed by atoms with E-state index in [2.05, 4.69) is 0 Å². The van der Waals surface area contributed by atoms with E-state index in [-0.39, 0.29) is 5.56 Å². The fraction of sp³-hybridized carbons (Fsp3) is 0.0909. The van der Waals surface area contributed by atoms with Crippen molar-refractivity contribution < 1.29 is 14.7 Å². The smallest absolute Gasteiger partial charge is 0.377 e. The third-order valence-electron chi connectivity index (χ3n) is 2.34. The molecule has 1 aromatic heterocycles. The van der Waals surface area contributed by atoms with Crippen LogP contribution in [0.15, 0.2) is 30.5 Å². The molecule has 0 amide bonds. The summed E-state index contributed by atoms with van der Waals surface area (Å²) in [5, 5.41) is 9.42. The second kappa shape index (κ2) is 3.24. The topological polar surface area (TPSA) is 59.3 Å². The summed E-state index contributed by atoms with van der Waals surface area (Å²) in [5.74, 6) is -2.30. The second-order valence-corrected chi connectivity index (χ2v) is 3.33. The summed E-state index contributed by atoms with van der Waals surface area (Å²) in [7, 11) is 1.89. The van der Waals surface area contributed by atoms with Gasteiger partial charge in [-0.25, -0.2) is 4.79 Å². The van der Waals surface area contributed by atoms with Crippen LogP contribution in [0.1, 0.15) is 10.4 Å². The van der Waals surface area contributed by atoms with Crippen molar-refractivity contribution in [1.29, 1.82) is 0 Å². The van der Waals surface area contributed by atoms with E-state index in [4.69, 9.17) is 5.11 Å². The molecule has 4 nitrogen and oxygen atoms in total. The van der Waals surface area contributed by atoms with Gasteiger partial charge in [-0.15, -0.1) is 0 Å². The molecule has 0 aliphatic carbocycles. The van der Waals surface area contributed by atoms with Gasteiger partial charge in [-0.05, 0) is 24.3 Å². The molecule has 4 heteroatoms. The number of hydrogen-bond acceptors (Lipinski definition) is 2. The normalized spacial score (nSPS) is 10.5. The molecular weight excluding hydrogens is 194 g/mol. The number of carbonyl (C=O) groups excluding carboxylic acids is 1. The number of rotatable bonds is 2. The molecule has 0 saturated carbocycles. The molecular formula is C11H9NO3. The van der Waals surface area contributed by atoms with Gasteiger partial charge in [0.1, 0.15) is 0 Å². The zero-order valence-corrected chi connectivity index (χ0v) is 8.10. The molecule has 0 unspecified atom stereocenters. The number of aliphatic carboxylic acids is 1. The lowest BCUT2D eigenvalue weighted by Crippen LogP contribution is -2.12. The van der Waals surface area contributed by atoms with Crippen LogP contribution in [0.3, 0.4) is 0 Å². The number of carboxylic acid groups (broad SMARTS) is 1. The zero-order valence-electron chi connectivity index (χ0n) is 8.10. The Morgan fingerprint density at radius 2 is 2.00 bits per heavy atom. The van der Waals surface area contributed by atoms with Crippen molar-refractivity contribution in [3.8, 4) is 0 Å². The van der Waals surface area contributed by atoms with E-state index < -0.39 is 11.8 Å². The molecule has 0 aliphatic rings. The van der Waals surface area contributed by atoms with Gasteiger partial charge in [-0.3, -0.25) is 4.79 Å². The Morgan fingerprint density at radius 1 is 1.27 bits per heavy atom. The molecule has 0 atom stereocenters. The number of hydrogen-bond donors (Lipinski definition) is 1. The van der Waals surface area contributed by atoms with Crippen molar-refractivity contribution in [2.45, 2.75) is 0 Å². The lowest BCUT2D eigenvalue weighted by Gasteiger charge is -1.98. The van der Waals surface area contributed by atoms with Gasteiger partial charge in [0.15, 0.2) is 0 Å². The average molecular weight is 203 g/mol. The van der Waals surface area contributed by atoms with E-state index in [0.717, 1.165) is 10.9 Å². The maximum Gasteiger partial charge on any atom is 0.377 e. The average Bonchev–Trinajstić information content (AvgIpc) is 2.59. The van der Waals surface area contributed by atoms with E-state index in [0.29, 0.717) is 0 Å². The first kappa shape index (κ1) is 9.45. The fourth-order valence-corrected chi connectivity index (χ4v) is 1.55. The molecule has 0 saturated heterocycles. The molecule has 2 rings (SSSR count). The maximum atomic E-state index is 11.2. The monoisotopic (exact) mass is 203 g/mol. The molecule has 2 aromatic rings. The van der Waals surface area contributed by atoms with Crippen LogP contribution in [0.2, 0.25) is 0 Å². The van der Waals surface area contributed by atoms with Gasteiger partial charge in [-0.2, -0.15) is 0 Å². The predicted molar refractivity (Wildman–Crippen MR) is 54.9 cm³/mol. The Kier molecular flexibility index (Phi) is 2.04. The highest BCUT2D eigenvalue weighted by molar-refractivity contribution is 6.40. The molecule has 1 aromatic carbocycles. The van der Waals surface area contributed by atoms with E-state index in [1.165, 1.54) is 6.07 Å². The fourth-order valence-electron chi connectivity index (χ4n) is 1.55. The lowest BCUT2D eigenvalue weighted by molar-refractivity contribution is -0.131. The third kappa shape index (κ3) is 1.50. The number of aryl methyl sites for hydroxylation is 1. The van der Waals surface area contributed by atoms with Crippen molar-refractivity contribution in [2.24, 2.45) is 7.05 Å². The predicted octanol–water partition coefficient (Wildman–Crippen LogP) is 1.45. The van der Waals surface area contributed by atoms with E-state index in [9.17, 15) is 9.59 Å². The van der Waals surface area contributed by atoms with Gasteiger partial charge in [0, 0.05) is 29.7 Å². The van der Waals surface area contributed by atoms with Crippen molar-refractivity contribution >= 4 is 22.7 Å². The Labute approximate surface area is 85.7 Å². The number of aromatic nitrogens is 1. The van der Waals surface area contributed by atoms with Crippen molar-refractivity contribution in [3.63, 3.8) is 0 Å². The van der Waals surface area contributed by atoms with E-state index in [1.54, 1.807) is 12.1 Å². The van der Waals surface area contributed by atoms with Crippen molar-refractivity contribution in [1.82, 2.24) is 4.57 Å². The highest BCUT2D eigenvalue weighted by Gasteiger charge is 2.14. The summed E-state index contributed by atoms with van der Waals surface area (Å²) in [6.07, 6.45) is 1.86. The minimum Gasteiger partial charge on any atom is -0.475 e. The van der Waals surface area contributed by atoms with Crippen molar-refractivity contribution in [2.75, 3.05) is 0 Å².